The number of hydrogen-bond donors (Lipinski definition) is 2. The minimum atomic E-state index is -0.911. The van der Waals surface area contributed by atoms with Gasteiger partial charge in [-0.1, -0.05) is 5.16 Å². The first-order valence-electron chi connectivity index (χ1n) is 12.5. The zero-order valence-electron chi connectivity index (χ0n) is 23.5. The highest BCUT2D eigenvalue weighted by Gasteiger charge is 2.53. The van der Waals surface area contributed by atoms with Crippen molar-refractivity contribution in [2.45, 2.75) is 70.3 Å². The van der Waals surface area contributed by atoms with Gasteiger partial charge in [0.15, 0.2) is 10.8 Å². The number of nitrogens with one attached hydrogen (secondary N) is 2. The number of thioether (sulfide) groups is 1. The van der Waals surface area contributed by atoms with E-state index in [-0.39, 0.29) is 35.4 Å². The van der Waals surface area contributed by atoms with Crippen LogP contribution < -0.4 is 10.6 Å². The molecular weight excluding hydrogens is 562 g/mol. The lowest BCUT2D eigenvalue weighted by atomic mass is 10.0. The third-order valence-corrected chi connectivity index (χ3v) is 7.30. The third-order valence-electron chi connectivity index (χ3n) is 5.35. The Balaban J connectivity index is 1.68. The van der Waals surface area contributed by atoms with Gasteiger partial charge < -0.3 is 29.7 Å². The largest absolute Gasteiger partial charge is 0.453 e. The van der Waals surface area contributed by atoms with Crippen molar-refractivity contribution >= 4 is 58.1 Å². The van der Waals surface area contributed by atoms with E-state index in [1.807, 2.05) is 41.5 Å². The van der Waals surface area contributed by atoms with Gasteiger partial charge in [-0.15, -0.1) is 23.1 Å². The van der Waals surface area contributed by atoms with Crippen LogP contribution in [0.15, 0.2) is 22.3 Å². The summed E-state index contributed by atoms with van der Waals surface area (Å²) in [4.78, 5) is 60.3. The van der Waals surface area contributed by atoms with E-state index < -0.39 is 46.5 Å². The number of nitrogens with zero attached hydrogens (tertiary/aromatic N) is 3. The molecule has 1 saturated heterocycles. The average molecular weight is 598 g/mol. The number of amides is 3. The lowest BCUT2D eigenvalue weighted by Gasteiger charge is -2.48. The van der Waals surface area contributed by atoms with Gasteiger partial charge in [-0.2, -0.15) is 0 Å². The minimum Gasteiger partial charge on any atom is -0.453 e. The van der Waals surface area contributed by atoms with E-state index in [1.54, 1.807) is 6.08 Å². The first kappa shape index (κ1) is 31.5. The van der Waals surface area contributed by atoms with E-state index in [1.165, 1.54) is 29.2 Å². The van der Waals surface area contributed by atoms with Gasteiger partial charge in [-0.3, -0.25) is 19.3 Å². The molecule has 0 radical (unpaired) electrons. The molecule has 0 bridgehead atoms. The van der Waals surface area contributed by atoms with Crippen molar-refractivity contribution in [2.24, 2.45) is 5.16 Å². The Morgan fingerprint density at radius 3 is 2.42 bits per heavy atom. The van der Waals surface area contributed by atoms with Gasteiger partial charge >= 0.3 is 5.97 Å². The maximum absolute atomic E-state index is 13.2. The molecule has 1 aromatic rings. The Morgan fingerprint density at radius 1 is 1.20 bits per heavy atom. The van der Waals surface area contributed by atoms with Crippen molar-refractivity contribution in [3.63, 3.8) is 0 Å². The normalized spacial score (nSPS) is 19.4. The smallest absolute Gasteiger partial charge is 0.355 e. The van der Waals surface area contributed by atoms with E-state index >= 15 is 0 Å². The van der Waals surface area contributed by atoms with Gasteiger partial charge in [0.25, 0.3) is 11.8 Å². The van der Waals surface area contributed by atoms with Crippen LogP contribution in [-0.2, 0) is 38.2 Å². The zero-order valence-corrected chi connectivity index (χ0v) is 25.1. The molecule has 220 valence electrons. The van der Waals surface area contributed by atoms with E-state index in [0.29, 0.717) is 12.2 Å². The van der Waals surface area contributed by atoms with Crippen LogP contribution in [0.3, 0.4) is 0 Å². The minimum absolute atomic E-state index is 0.102. The molecule has 1 unspecified atom stereocenters. The molecule has 3 amide bonds. The predicted octanol–water partition coefficient (Wildman–Crippen LogP) is 1.89. The number of β-lactam (4-membered cyclic amide) rings is 1. The Morgan fingerprint density at radius 2 is 1.85 bits per heavy atom. The number of oxime groups is 1. The fraction of sp³-hybridized carbons (Fsp3) is 0.600. The van der Waals surface area contributed by atoms with Crippen molar-refractivity contribution in [1.29, 1.82) is 0 Å². The maximum Gasteiger partial charge on any atom is 0.355 e. The fourth-order valence-electron chi connectivity index (χ4n) is 3.55. The van der Waals surface area contributed by atoms with Crippen LogP contribution in [0.2, 0.25) is 0 Å². The van der Waals surface area contributed by atoms with Crippen LogP contribution in [0.5, 0.6) is 0 Å². The Hall–Kier alpha value is -3.01. The summed E-state index contributed by atoms with van der Waals surface area (Å²) in [5.74, 6) is -1.41. The lowest BCUT2D eigenvalue weighted by molar-refractivity contribution is -0.165. The number of hydrogen-bond acceptors (Lipinski definition) is 12. The molecule has 1 aromatic heterocycles. The topological polar surface area (TPSA) is 158 Å². The van der Waals surface area contributed by atoms with E-state index in [9.17, 15) is 19.2 Å². The molecule has 15 heteroatoms. The molecule has 40 heavy (non-hydrogen) atoms. The number of carbonyl (C=O) groups is 4. The van der Waals surface area contributed by atoms with E-state index in [2.05, 4.69) is 20.8 Å². The first-order valence-corrected chi connectivity index (χ1v) is 14.4. The average Bonchev–Trinajstić information content (AvgIpc) is 3.33. The molecule has 1 fully saturated rings. The van der Waals surface area contributed by atoms with Crippen LogP contribution in [-0.4, -0.2) is 94.6 Å². The predicted molar refractivity (Wildman–Crippen MR) is 150 cm³/mol. The highest BCUT2D eigenvalue weighted by Crippen LogP contribution is 2.38. The number of rotatable bonds is 12. The molecule has 0 saturated carbocycles. The summed E-state index contributed by atoms with van der Waals surface area (Å²) < 4.78 is 17.4. The SMILES string of the molecule is CON=C(C(=O)NC1C(=O)N2C(C(=O)OC(COC(C)(C)C)COC(C)(C)C)=CCS[C@H]12)c1csc(NC=O)n1. The van der Waals surface area contributed by atoms with Gasteiger partial charge in [0.05, 0.1) is 24.4 Å². The second kappa shape index (κ2) is 13.1. The van der Waals surface area contributed by atoms with Gasteiger partial charge in [-0.05, 0) is 47.6 Å². The molecule has 2 aliphatic heterocycles. The Labute approximate surface area is 241 Å². The summed E-state index contributed by atoms with van der Waals surface area (Å²) in [6, 6.07) is -0.911. The van der Waals surface area contributed by atoms with E-state index in [4.69, 9.17) is 19.0 Å². The number of thiazole rings is 1. The monoisotopic (exact) mass is 597 g/mol. The fourth-order valence-corrected chi connectivity index (χ4v) is 5.40. The third kappa shape index (κ3) is 8.25. The first-order chi connectivity index (χ1) is 18.7. The summed E-state index contributed by atoms with van der Waals surface area (Å²) in [7, 11) is 1.27. The van der Waals surface area contributed by atoms with Crippen molar-refractivity contribution in [3.8, 4) is 0 Å². The quantitative estimate of drug-likeness (QED) is 0.120. The van der Waals surface area contributed by atoms with Crippen LogP contribution >= 0.6 is 23.1 Å². The van der Waals surface area contributed by atoms with Crippen molar-refractivity contribution < 1.29 is 38.2 Å². The second-order valence-electron chi connectivity index (χ2n) is 10.8. The molecule has 0 aromatic carbocycles. The molecule has 2 N–H and O–H groups in total. The Bertz CT molecular complexity index is 1150. The van der Waals surface area contributed by atoms with Crippen LogP contribution in [0.25, 0.3) is 0 Å². The summed E-state index contributed by atoms with van der Waals surface area (Å²) in [6.45, 7) is 11.6. The highest BCUT2D eigenvalue weighted by atomic mass is 32.2. The van der Waals surface area contributed by atoms with Gasteiger partial charge in [0, 0.05) is 11.1 Å². The molecule has 13 nitrogen and oxygen atoms in total. The van der Waals surface area contributed by atoms with Crippen LogP contribution in [0, 0.1) is 0 Å². The van der Waals surface area contributed by atoms with E-state index in [0.717, 1.165) is 11.3 Å². The Kier molecular flexibility index (Phi) is 10.3. The summed E-state index contributed by atoms with van der Waals surface area (Å²) in [6.07, 6.45) is 1.39. The summed E-state index contributed by atoms with van der Waals surface area (Å²) in [5.41, 5.74) is -0.801. The van der Waals surface area contributed by atoms with Crippen LogP contribution in [0.1, 0.15) is 47.2 Å². The number of ether oxygens (including phenoxy) is 3. The number of esters is 1. The molecular formula is C25H35N5O8S2. The zero-order chi connectivity index (χ0) is 29.7. The summed E-state index contributed by atoms with van der Waals surface area (Å²) >= 11 is 2.48. The van der Waals surface area contributed by atoms with Crippen molar-refractivity contribution in [2.75, 3.05) is 31.4 Å². The number of aromatic nitrogens is 1. The van der Waals surface area contributed by atoms with Gasteiger partial charge in [0.1, 0.15) is 36.0 Å². The molecule has 2 atom stereocenters. The molecule has 3 rings (SSSR count). The second-order valence-corrected chi connectivity index (χ2v) is 12.8. The van der Waals surface area contributed by atoms with Crippen molar-refractivity contribution in [1.82, 2.24) is 15.2 Å². The molecule has 0 spiro atoms. The standard InChI is InChI=1S/C25H35N5O8S2/c1-24(2,3)36-10-14(11-37-25(4,5)6)38-22(34)16-8-9-39-21-18(20(33)30(16)21)28-19(32)17(29-35-7)15-12-40-23(27-15)26-13-31/h8,12-14,18,21H,9-11H2,1-7H3,(H,28,32)(H,26,27,31)/t18?,21-/m1/s1. The number of fused-ring (bicyclic) bond motifs is 1. The molecule has 2 aliphatic rings. The highest BCUT2D eigenvalue weighted by molar-refractivity contribution is 8.00. The molecule has 0 aliphatic carbocycles. The van der Waals surface area contributed by atoms with Gasteiger partial charge in [0.2, 0.25) is 6.41 Å². The number of carbonyl (C=O) groups excluding carboxylic acids is 4. The summed E-state index contributed by atoms with van der Waals surface area (Å²) in [5, 5.41) is 10.1. The molecule has 3 heterocycles. The van der Waals surface area contributed by atoms with Gasteiger partial charge in [-0.25, -0.2) is 9.78 Å². The lowest BCUT2D eigenvalue weighted by Crippen LogP contribution is -2.70. The maximum atomic E-state index is 13.2. The van der Waals surface area contributed by atoms with Crippen molar-refractivity contribution in [3.05, 3.63) is 22.8 Å². The number of anilines is 1. The van der Waals surface area contributed by atoms with Crippen LogP contribution in [0.4, 0.5) is 5.13 Å².